The molecule has 18 heavy (non-hydrogen) atoms. The van der Waals surface area contributed by atoms with Crippen molar-refractivity contribution in [1.29, 1.82) is 0 Å². The SMILES string of the molecule is Cc1cc(-c2ccc(CNC3CC3)cc2F)cs1. The van der Waals surface area contributed by atoms with E-state index in [1.807, 2.05) is 30.5 Å². The fourth-order valence-electron chi connectivity index (χ4n) is 2.04. The Morgan fingerprint density at radius 2 is 2.17 bits per heavy atom. The lowest BCUT2D eigenvalue weighted by atomic mass is 10.1. The van der Waals surface area contributed by atoms with E-state index < -0.39 is 0 Å². The predicted molar refractivity (Wildman–Crippen MR) is 74.3 cm³/mol. The first-order valence-corrected chi connectivity index (χ1v) is 7.17. The van der Waals surface area contributed by atoms with E-state index >= 15 is 0 Å². The molecule has 94 valence electrons. The second-order valence-corrected chi connectivity index (χ2v) is 6.03. The number of aryl methyl sites for hydroxylation is 1. The minimum absolute atomic E-state index is 0.122. The van der Waals surface area contributed by atoms with Crippen LogP contribution in [-0.4, -0.2) is 6.04 Å². The molecule has 1 nitrogen and oxygen atoms in total. The Balaban J connectivity index is 1.79. The van der Waals surface area contributed by atoms with Crippen LogP contribution in [0.25, 0.3) is 11.1 Å². The third kappa shape index (κ3) is 2.62. The number of thiophene rings is 1. The van der Waals surface area contributed by atoms with E-state index in [0.29, 0.717) is 11.6 Å². The average Bonchev–Trinajstić information content (AvgIpc) is 3.09. The Hall–Kier alpha value is -1.19. The van der Waals surface area contributed by atoms with Crippen molar-refractivity contribution in [2.75, 3.05) is 0 Å². The molecule has 3 heteroatoms. The largest absolute Gasteiger partial charge is 0.310 e. The van der Waals surface area contributed by atoms with Gasteiger partial charge in [0.2, 0.25) is 0 Å². The van der Waals surface area contributed by atoms with Gasteiger partial charge in [-0.25, -0.2) is 4.39 Å². The molecule has 0 bridgehead atoms. The van der Waals surface area contributed by atoms with E-state index in [0.717, 1.165) is 17.7 Å². The first-order valence-electron chi connectivity index (χ1n) is 6.30. The van der Waals surface area contributed by atoms with Crippen LogP contribution in [0.4, 0.5) is 4.39 Å². The molecule has 1 aliphatic rings. The van der Waals surface area contributed by atoms with Gasteiger partial charge in [0, 0.05) is 23.0 Å². The molecule has 3 rings (SSSR count). The van der Waals surface area contributed by atoms with Crippen LogP contribution >= 0.6 is 11.3 Å². The quantitative estimate of drug-likeness (QED) is 0.873. The van der Waals surface area contributed by atoms with Crippen molar-refractivity contribution in [2.24, 2.45) is 0 Å². The van der Waals surface area contributed by atoms with Crippen molar-refractivity contribution in [3.05, 3.63) is 45.9 Å². The predicted octanol–water partition coefficient (Wildman–Crippen LogP) is 4.11. The monoisotopic (exact) mass is 261 g/mol. The maximum atomic E-state index is 14.1. The molecule has 1 saturated carbocycles. The summed E-state index contributed by atoms with van der Waals surface area (Å²) in [6, 6.07) is 8.25. The van der Waals surface area contributed by atoms with Crippen LogP contribution in [0, 0.1) is 12.7 Å². The number of hydrogen-bond acceptors (Lipinski definition) is 2. The number of rotatable bonds is 4. The second kappa shape index (κ2) is 4.82. The van der Waals surface area contributed by atoms with Crippen molar-refractivity contribution in [2.45, 2.75) is 32.4 Å². The van der Waals surface area contributed by atoms with Gasteiger partial charge in [-0.1, -0.05) is 12.1 Å². The Labute approximate surface area is 111 Å². The zero-order chi connectivity index (χ0) is 12.5. The lowest BCUT2D eigenvalue weighted by Gasteiger charge is -2.06. The highest BCUT2D eigenvalue weighted by Crippen LogP contribution is 2.28. The third-order valence-electron chi connectivity index (χ3n) is 3.25. The normalized spacial score (nSPS) is 15.0. The van der Waals surface area contributed by atoms with Crippen molar-refractivity contribution in [3.63, 3.8) is 0 Å². The summed E-state index contributed by atoms with van der Waals surface area (Å²) in [5.74, 6) is -0.122. The summed E-state index contributed by atoms with van der Waals surface area (Å²) in [6.45, 7) is 2.81. The molecule has 1 aromatic heterocycles. The molecule has 1 aliphatic carbocycles. The molecule has 1 N–H and O–H groups in total. The molecule has 0 saturated heterocycles. The topological polar surface area (TPSA) is 12.0 Å². The van der Waals surface area contributed by atoms with Crippen LogP contribution in [0.1, 0.15) is 23.3 Å². The second-order valence-electron chi connectivity index (χ2n) is 4.92. The van der Waals surface area contributed by atoms with Crippen LogP contribution in [0.15, 0.2) is 29.6 Å². The fraction of sp³-hybridized carbons (Fsp3) is 0.333. The molecular weight excluding hydrogens is 245 g/mol. The van der Waals surface area contributed by atoms with Gasteiger partial charge in [0.25, 0.3) is 0 Å². The van der Waals surface area contributed by atoms with Gasteiger partial charge in [-0.05, 0) is 48.4 Å². The summed E-state index contributed by atoms with van der Waals surface area (Å²) in [7, 11) is 0. The minimum Gasteiger partial charge on any atom is -0.310 e. The van der Waals surface area contributed by atoms with Gasteiger partial charge in [-0.15, -0.1) is 11.3 Å². The summed E-state index contributed by atoms with van der Waals surface area (Å²) in [4.78, 5) is 1.21. The summed E-state index contributed by atoms with van der Waals surface area (Å²) in [5, 5.41) is 5.41. The standard InChI is InChI=1S/C15H16FNS/c1-10-6-12(9-18-10)14-5-2-11(7-15(14)16)8-17-13-3-4-13/h2,5-7,9,13,17H,3-4,8H2,1H3. The highest BCUT2D eigenvalue weighted by Gasteiger charge is 2.20. The summed E-state index contributed by atoms with van der Waals surface area (Å²) < 4.78 is 14.1. The molecule has 0 atom stereocenters. The van der Waals surface area contributed by atoms with Crippen LogP contribution in [-0.2, 0) is 6.54 Å². The lowest BCUT2D eigenvalue weighted by molar-refractivity contribution is 0.623. The van der Waals surface area contributed by atoms with E-state index in [9.17, 15) is 4.39 Å². The Bertz CT molecular complexity index is 557. The van der Waals surface area contributed by atoms with Gasteiger partial charge >= 0.3 is 0 Å². The maximum Gasteiger partial charge on any atom is 0.131 e. The molecule has 0 radical (unpaired) electrons. The molecule has 1 heterocycles. The van der Waals surface area contributed by atoms with Gasteiger partial charge in [-0.2, -0.15) is 0 Å². The van der Waals surface area contributed by atoms with Crippen molar-refractivity contribution in [1.82, 2.24) is 5.32 Å². The van der Waals surface area contributed by atoms with E-state index in [1.54, 1.807) is 17.4 Å². The van der Waals surface area contributed by atoms with Crippen LogP contribution in [0.3, 0.4) is 0 Å². The van der Waals surface area contributed by atoms with Gasteiger partial charge in [-0.3, -0.25) is 0 Å². The van der Waals surface area contributed by atoms with Crippen molar-refractivity contribution in [3.8, 4) is 11.1 Å². The van der Waals surface area contributed by atoms with Crippen LogP contribution in [0.5, 0.6) is 0 Å². The molecular formula is C15H16FNS. The Morgan fingerprint density at radius 3 is 2.78 bits per heavy atom. The highest BCUT2D eigenvalue weighted by atomic mass is 32.1. The average molecular weight is 261 g/mol. The molecule has 0 amide bonds. The molecule has 1 fully saturated rings. The number of halogens is 1. The molecule has 0 aliphatic heterocycles. The first-order chi connectivity index (χ1) is 8.72. The number of benzene rings is 1. The van der Waals surface area contributed by atoms with E-state index in [2.05, 4.69) is 5.32 Å². The van der Waals surface area contributed by atoms with E-state index in [4.69, 9.17) is 0 Å². The van der Waals surface area contributed by atoms with Crippen molar-refractivity contribution >= 4 is 11.3 Å². The number of nitrogens with one attached hydrogen (secondary N) is 1. The highest BCUT2D eigenvalue weighted by molar-refractivity contribution is 7.10. The molecule has 2 aromatic rings. The summed E-state index contributed by atoms with van der Waals surface area (Å²) >= 11 is 1.66. The van der Waals surface area contributed by atoms with Gasteiger partial charge in [0.15, 0.2) is 0 Å². The molecule has 1 aromatic carbocycles. The fourth-order valence-corrected chi connectivity index (χ4v) is 2.74. The molecule has 0 spiro atoms. The van der Waals surface area contributed by atoms with Crippen molar-refractivity contribution < 1.29 is 4.39 Å². The van der Waals surface area contributed by atoms with E-state index in [-0.39, 0.29) is 5.82 Å². The summed E-state index contributed by atoms with van der Waals surface area (Å²) in [6.07, 6.45) is 2.52. The zero-order valence-electron chi connectivity index (χ0n) is 10.4. The Kier molecular flexibility index (Phi) is 3.18. The first kappa shape index (κ1) is 11.9. The zero-order valence-corrected chi connectivity index (χ0v) is 11.2. The van der Waals surface area contributed by atoms with Crippen LogP contribution in [0.2, 0.25) is 0 Å². The third-order valence-corrected chi connectivity index (χ3v) is 4.11. The van der Waals surface area contributed by atoms with Crippen LogP contribution < -0.4 is 5.32 Å². The van der Waals surface area contributed by atoms with E-state index in [1.165, 1.54) is 17.7 Å². The van der Waals surface area contributed by atoms with Gasteiger partial charge < -0.3 is 5.32 Å². The minimum atomic E-state index is -0.122. The molecule has 0 unspecified atom stereocenters. The lowest BCUT2D eigenvalue weighted by Crippen LogP contribution is -2.15. The van der Waals surface area contributed by atoms with Gasteiger partial charge in [0.1, 0.15) is 5.82 Å². The summed E-state index contributed by atoms with van der Waals surface area (Å²) in [5.41, 5.74) is 2.71. The number of hydrogen-bond donors (Lipinski definition) is 1. The smallest absolute Gasteiger partial charge is 0.131 e. The van der Waals surface area contributed by atoms with Gasteiger partial charge in [0.05, 0.1) is 0 Å². The Morgan fingerprint density at radius 1 is 1.33 bits per heavy atom. The maximum absolute atomic E-state index is 14.1.